The topological polar surface area (TPSA) is 76.2 Å². The Morgan fingerprint density at radius 2 is 1.79 bits per heavy atom. The number of aryl methyl sites for hydroxylation is 1. The number of pyridine rings is 1. The maximum Gasteiger partial charge on any atom is 0.416 e. The van der Waals surface area contributed by atoms with Gasteiger partial charge in [0.25, 0.3) is 0 Å². The van der Waals surface area contributed by atoms with E-state index in [0.29, 0.717) is 27.9 Å². The monoisotopic (exact) mass is 386 g/mol. The van der Waals surface area contributed by atoms with Gasteiger partial charge in [0.2, 0.25) is 5.91 Å². The number of carbonyl (C=O) groups excluding carboxylic acids is 1. The fraction of sp³-hybridized carbons (Fsp3) is 0.143. The van der Waals surface area contributed by atoms with E-state index in [0.717, 1.165) is 12.1 Å². The Morgan fingerprint density at radius 3 is 2.43 bits per heavy atom. The molecule has 3 rings (SSSR count). The minimum Gasteiger partial charge on any atom is -0.384 e. The maximum absolute atomic E-state index is 12.9. The Kier molecular flexibility index (Phi) is 5.20. The van der Waals surface area contributed by atoms with Crippen molar-refractivity contribution in [2.75, 3.05) is 0 Å². The number of primary amides is 1. The summed E-state index contributed by atoms with van der Waals surface area (Å²) in [4.78, 5) is 15.6. The number of benzene rings is 2. The van der Waals surface area contributed by atoms with E-state index < -0.39 is 23.8 Å². The van der Waals surface area contributed by atoms with Crippen molar-refractivity contribution in [2.24, 2.45) is 5.73 Å². The van der Waals surface area contributed by atoms with Crippen molar-refractivity contribution in [3.63, 3.8) is 0 Å². The second-order valence-corrected chi connectivity index (χ2v) is 6.39. The molecule has 0 radical (unpaired) electrons. The number of rotatable bonds is 4. The van der Waals surface area contributed by atoms with E-state index in [1.165, 1.54) is 18.3 Å². The number of carbonyl (C=O) groups is 1. The van der Waals surface area contributed by atoms with Gasteiger partial charge in [0.15, 0.2) is 0 Å². The lowest BCUT2D eigenvalue weighted by Crippen LogP contribution is -2.12. The summed E-state index contributed by atoms with van der Waals surface area (Å²) in [5.74, 6) is -0.536. The van der Waals surface area contributed by atoms with Crippen LogP contribution in [0.15, 0.2) is 60.8 Å². The predicted molar refractivity (Wildman–Crippen MR) is 98.4 cm³/mol. The van der Waals surface area contributed by atoms with Crippen molar-refractivity contribution >= 4 is 5.91 Å². The predicted octanol–water partition coefficient (Wildman–Crippen LogP) is 4.26. The molecule has 2 aromatic carbocycles. The second kappa shape index (κ2) is 7.44. The third-order valence-corrected chi connectivity index (χ3v) is 4.42. The Hall–Kier alpha value is -3.19. The zero-order valence-electron chi connectivity index (χ0n) is 14.9. The molecule has 3 N–H and O–H groups in total. The van der Waals surface area contributed by atoms with Crippen LogP contribution in [0, 0.1) is 6.92 Å². The number of halogens is 3. The van der Waals surface area contributed by atoms with Gasteiger partial charge in [-0.3, -0.25) is 9.78 Å². The first kappa shape index (κ1) is 19.6. The first-order valence-electron chi connectivity index (χ1n) is 8.39. The van der Waals surface area contributed by atoms with Gasteiger partial charge < -0.3 is 10.8 Å². The van der Waals surface area contributed by atoms with Crippen LogP contribution in [0.25, 0.3) is 11.3 Å². The molecule has 0 aliphatic rings. The summed E-state index contributed by atoms with van der Waals surface area (Å²) in [5.41, 5.74) is 7.30. The molecule has 1 aromatic heterocycles. The molecule has 0 fully saturated rings. The second-order valence-electron chi connectivity index (χ2n) is 6.39. The van der Waals surface area contributed by atoms with Crippen LogP contribution in [0.5, 0.6) is 0 Å². The number of nitrogens with two attached hydrogens (primary N) is 1. The van der Waals surface area contributed by atoms with E-state index in [-0.39, 0.29) is 5.56 Å². The smallest absolute Gasteiger partial charge is 0.384 e. The van der Waals surface area contributed by atoms with Crippen LogP contribution in [0.3, 0.4) is 0 Å². The Morgan fingerprint density at radius 1 is 1.07 bits per heavy atom. The van der Waals surface area contributed by atoms with Crippen LogP contribution < -0.4 is 5.73 Å². The average molecular weight is 386 g/mol. The molecule has 3 aromatic rings. The number of aliphatic hydroxyl groups is 1. The molecule has 1 atom stereocenters. The van der Waals surface area contributed by atoms with Crippen LogP contribution in [0.4, 0.5) is 13.2 Å². The third kappa shape index (κ3) is 4.04. The summed E-state index contributed by atoms with van der Waals surface area (Å²) in [6.07, 6.45) is -4.26. The van der Waals surface area contributed by atoms with Gasteiger partial charge in [-0.05, 0) is 60.0 Å². The summed E-state index contributed by atoms with van der Waals surface area (Å²) in [7, 11) is 0. The van der Waals surface area contributed by atoms with E-state index >= 15 is 0 Å². The molecule has 0 saturated heterocycles. The number of aliphatic hydroxyl groups excluding tert-OH is 1. The molecule has 0 aliphatic carbocycles. The number of amides is 1. The SMILES string of the molecule is Cc1cc(-c2cc(C(O)c3cccc(C(F)(F)F)c3)ccn2)ccc1C(N)=O. The molecule has 0 bridgehead atoms. The van der Waals surface area contributed by atoms with Gasteiger partial charge in [0, 0.05) is 17.3 Å². The first-order valence-corrected chi connectivity index (χ1v) is 8.39. The van der Waals surface area contributed by atoms with E-state index in [1.807, 2.05) is 0 Å². The zero-order valence-corrected chi connectivity index (χ0v) is 14.9. The molecular weight excluding hydrogens is 369 g/mol. The molecular formula is C21H17F3N2O2. The fourth-order valence-electron chi connectivity index (χ4n) is 2.95. The Bertz CT molecular complexity index is 1030. The summed E-state index contributed by atoms with van der Waals surface area (Å²) in [5, 5.41) is 10.6. The van der Waals surface area contributed by atoms with Gasteiger partial charge in [-0.2, -0.15) is 13.2 Å². The van der Waals surface area contributed by atoms with E-state index in [2.05, 4.69) is 4.98 Å². The minimum atomic E-state index is -4.49. The van der Waals surface area contributed by atoms with Crippen molar-refractivity contribution < 1.29 is 23.1 Å². The number of aromatic nitrogens is 1. The molecule has 1 heterocycles. The van der Waals surface area contributed by atoms with Crippen molar-refractivity contribution in [2.45, 2.75) is 19.2 Å². The summed E-state index contributed by atoms with van der Waals surface area (Å²) in [6.45, 7) is 1.74. The fourth-order valence-corrected chi connectivity index (χ4v) is 2.95. The summed E-state index contributed by atoms with van der Waals surface area (Å²) < 4.78 is 38.8. The molecule has 0 aliphatic heterocycles. The van der Waals surface area contributed by atoms with E-state index in [1.54, 1.807) is 37.3 Å². The highest BCUT2D eigenvalue weighted by Crippen LogP contribution is 2.32. The minimum absolute atomic E-state index is 0.132. The molecule has 1 amide bonds. The summed E-state index contributed by atoms with van der Waals surface area (Å²) in [6, 6.07) is 12.7. The number of nitrogens with zero attached hydrogens (tertiary/aromatic N) is 1. The van der Waals surface area contributed by atoms with Crippen LogP contribution in [-0.2, 0) is 6.18 Å². The molecule has 0 spiro atoms. The number of hydrogen-bond donors (Lipinski definition) is 2. The normalized spacial score (nSPS) is 12.6. The first-order chi connectivity index (χ1) is 13.2. The van der Waals surface area contributed by atoms with Crippen LogP contribution in [0.2, 0.25) is 0 Å². The van der Waals surface area contributed by atoms with E-state index in [9.17, 15) is 23.1 Å². The lowest BCUT2D eigenvalue weighted by atomic mass is 9.97. The van der Waals surface area contributed by atoms with Gasteiger partial charge >= 0.3 is 6.18 Å². The van der Waals surface area contributed by atoms with Gasteiger partial charge in [0.1, 0.15) is 6.10 Å². The third-order valence-electron chi connectivity index (χ3n) is 4.42. The van der Waals surface area contributed by atoms with Gasteiger partial charge in [0.05, 0.1) is 11.3 Å². The lowest BCUT2D eigenvalue weighted by Gasteiger charge is -2.15. The standard InChI is InChI=1S/C21H17F3N2O2/c1-12-9-13(5-6-17(12)20(25)28)18-11-15(7-8-26-18)19(27)14-3-2-4-16(10-14)21(22,23)24/h2-11,19,27H,1H3,(H2,25,28). The quantitative estimate of drug-likeness (QED) is 0.704. The highest BCUT2D eigenvalue weighted by atomic mass is 19.4. The zero-order chi connectivity index (χ0) is 20.5. The maximum atomic E-state index is 12.9. The number of hydrogen-bond acceptors (Lipinski definition) is 3. The molecule has 28 heavy (non-hydrogen) atoms. The lowest BCUT2D eigenvalue weighted by molar-refractivity contribution is -0.137. The Labute approximate surface area is 159 Å². The van der Waals surface area contributed by atoms with Crippen LogP contribution in [0.1, 0.15) is 38.7 Å². The molecule has 7 heteroatoms. The van der Waals surface area contributed by atoms with Crippen LogP contribution in [-0.4, -0.2) is 16.0 Å². The largest absolute Gasteiger partial charge is 0.416 e. The Balaban J connectivity index is 1.96. The molecule has 144 valence electrons. The average Bonchev–Trinajstić information content (AvgIpc) is 2.66. The van der Waals surface area contributed by atoms with Crippen molar-refractivity contribution in [1.29, 1.82) is 0 Å². The van der Waals surface area contributed by atoms with Gasteiger partial charge in [-0.15, -0.1) is 0 Å². The molecule has 0 saturated carbocycles. The van der Waals surface area contributed by atoms with Gasteiger partial charge in [-0.25, -0.2) is 0 Å². The molecule has 4 nitrogen and oxygen atoms in total. The highest BCUT2D eigenvalue weighted by molar-refractivity contribution is 5.94. The van der Waals surface area contributed by atoms with E-state index in [4.69, 9.17) is 5.73 Å². The highest BCUT2D eigenvalue weighted by Gasteiger charge is 2.31. The van der Waals surface area contributed by atoms with Crippen molar-refractivity contribution in [3.05, 3.63) is 88.6 Å². The van der Waals surface area contributed by atoms with Crippen molar-refractivity contribution in [1.82, 2.24) is 4.98 Å². The van der Waals surface area contributed by atoms with Gasteiger partial charge in [-0.1, -0.05) is 18.2 Å². The number of alkyl halides is 3. The molecule has 1 unspecified atom stereocenters. The van der Waals surface area contributed by atoms with Crippen LogP contribution >= 0.6 is 0 Å². The van der Waals surface area contributed by atoms with Crippen molar-refractivity contribution in [3.8, 4) is 11.3 Å². The summed E-state index contributed by atoms with van der Waals surface area (Å²) >= 11 is 0.